The maximum Gasteiger partial charge on any atom is 0.490 e. The summed E-state index contributed by atoms with van der Waals surface area (Å²) < 4.78 is 45.2. The summed E-state index contributed by atoms with van der Waals surface area (Å²) in [5, 5.41) is 7.12. The Morgan fingerprint density at radius 3 is 2.29 bits per heavy atom. The minimum Gasteiger partial charge on any atom is -0.496 e. The predicted octanol–water partition coefficient (Wildman–Crippen LogP) is 7.17. The first kappa shape index (κ1) is 26.3. The van der Waals surface area contributed by atoms with Crippen molar-refractivity contribution in [2.24, 2.45) is 0 Å². The van der Waals surface area contributed by atoms with E-state index in [0.717, 1.165) is 28.5 Å². The van der Waals surface area contributed by atoms with Gasteiger partial charge in [0.1, 0.15) is 17.1 Å². The van der Waals surface area contributed by atoms with Crippen molar-refractivity contribution >= 4 is 5.97 Å². The van der Waals surface area contributed by atoms with E-state index in [2.05, 4.69) is 53.1 Å². The van der Waals surface area contributed by atoms with Gasteiger partial charge in [-0.3, -0.25) is 0 Å². The zero-order chi connectivity index (χ0) is 27.1. The van der Waals surface area contributed by atoms with Crippen LogP contribution in [0.4, 0.5) is 13.2 Å². The molecule has 38 heavy (non-hydrogen) atoms. The van der Waals surface area contributed by atoms with Crippen molar-refractivity contribution < 1.29 is 32.2 Å². The largest absolute Gasteiger partial charge is 0.496 e. The number of imidazole rings is 1. The van der Waals surface area contributed by atoms with Crippen molar-refractivity contribution in [2.75, 3.05) is 7.11 Å². The number of aromatic nitrogens is 2. The number of para-hydroxylation sites is 1. The van der Waals surface area contributed by atoms with Crippen LogP contribution in [0.1, 0.15) is 5.56 Å². The summed E-state index contributed by atoms with van der Waals surface area (Å²) in [5.41, 5.74) is 6.30. The maximum atomic E-state index is 10.6. The second-order valence-corrected chi connectivity index (χ2v) is 8.12. The molecule has 0 saturated carbocycles. The van der Waals surface area contributed by atoms with E-state index in [4.69, 9.17) is 24.0 Å². The minimum absolute atomic E-state index is 0.679. The third kappa shape index (κ3) is 6.12. The molecule has 0 amide bonds. The second-order valence-electron chi connectivity index (χ2n) is 8.12. The minimum atomic E-state index is -5.08. The number of methoxy groups -OCH3 is 1. The van der Waals surface area contributed by atoms with Crippen LogP contribution < -0.4 is 4.74 Å². The molecule has 0 radical (unpaired) electrons. The summed E-state index contributed by atoms with van der Waals surface area (Å²) in [6, 6.07) is 30.8. The van der Waals surface area contributed by atoms with Gasteiger partial charge in [-0.2, -0.15) is 13.2 Å². The van der Waals surface area contributed by atoms with Crippen LogP contribution in [0, 0.1) is 0 Å². The molecule has 9 heteroatoms. The van der Waals surface area contributed by atoms with Gasteiger partial charge >= 0.3 is 12.1 Å². The van der Waals surface area contributed by atoms with E-state index in [1.165, 1.54) is 16.7 Å². The molecule has 1 N–H and O–H groups in total. The van der Waals surface area contributed by atoms with Crippen molar-refractivity contribution in [3.05, 3.63) is 109 Å². The molecule has 0 aliphatic rings. The molecule has 0 unspecified atom stereocenters. The average molecular weight is 521 g/mol. The van der Waals surface area contributed by atoms with Gasteiger partial charge in [0.2, 0.25) is 0 Å². The molecule has 0 bridgehead atoms. The Bertz CT molecular complexity index is 1490. The third-order valence-electron chi connectivity index (χ3n) is 5.58. The molecular formula is C29H23F3N2O4. The lowest BCUT2D eigenvalue weighted by molar-refractivity contribution is -0.192. The quantitative estimate of drug-likeness (QED) is 0.257. The Balaban J connectivity index is 0.000000426. The summed E-state index contributed by atoms with van der Waals surface area (Å²) in [6.07, 6.45) is -1.52. The van der Waals surface area contributed by atoms with Crippen LogP contribution in [0.5, 0.6) is 5.75 Å². The molecule has 2 heterocycles. The highest BCUT2D eigenvalue weighted by molar-refractivity contribution is 5.80. The molecule has 2 aromatic heterocycles. The van der Waals surface area contributed by atoms with Gasteiger partial charge in [0.05, 0.1) is 19.7 Å². The Morgan fingerprint density at radius 2 is 1.63 bits per heavy atom. The first-order chi connectivity index (χ1) is 18.3. The van der Waals surface area contributed by atoms with Crippen LogP contribution in [0.15, 0.2) is 108 Å². The van der Waals surface area contributed by atoms with Crippen LogP contribution >= 0.6 is 0 Å². The number of carboxylic acids is 1. The van der Waals surface area contributed by atoms with E-state index in [1.807, 2.05) is 48.8 Å². The first-order valence-electron chi connectivity index (χ1n) is 11.4. The fraction of sp³-hybridized carbons (Fsp3) is 0.103. The van der Waals surface area contributed by atoms with Gasteiger partial charge in [-0.15, -0.1) is 0 Å². The number of furan rings is 1. The van der Waals surface area contributed by atoms with Gasteiger partial charge in [0.25, 0.3) is 0 Å². The number of carboxylic acid groups (broad SMARTS) is 1. The molecule has 5 aromatic rings. The Morgan fingerprint density at radius 1 is 0.947 bits per heavy atom. The van der Waals surface area contributed by atoms with Crippen LogP contribution in [-0.4, -0.2) is 33.9 Å². The van der Waals surface area contributed by atoms with Crippen molar-refractivity contribution in [1.82, 2.24) is 9.55 Å². The fourth-order valence-electron chi connectivity index (χ4n) is 3.89. The average Bonchev–Trinajstić information content (AvgIpc) is 3.59. The fourth-order valence-corrected chi connectivity index (χ4v) is 3.89. The summed E-state index contributed by atoms with van der Waals surface area (Å²) >= 11 is 0. The second kappa shape index (κ2) is 11.5. The predicted molar refractivity (Wildman–Crippen MR) is 137 cm³/mol. The normalized spacial score (nSPS) is 10.9. The van der Waals surface area contributed by atoms with E-state index in [0.29, 0.717) is 6.54 Å². The zero-order valence-electron chi connectivity index (χ0n) is 20.2. The van der Waals surface area contributed by atoms with Crippen LogP contribution in [0.3, 0.4) is 0 Å². The third-order valence-corrected chi connectivity index (χ3v) is 5.58. The molecule has 5 rings (SSSR count). The number of carbonyl (C=O) groups is 1. The van der Waals surface area contributed by atoms with Crippen LogP contribution in [0.25, 0.3) is 33.8 Å². The Hall–Kier alpha value is -4.79. The number of alkyl halides is 3. The molecule has 0 aliphatic heterocycles. The van der Waals surface area contributed by atoms with E-state index in [-0.39, 0.29) is 0 Å². The van der Waals surface area contributed by atoms with Gasteiger partial charge < -0.3 is 18.8 Å². The molecule has 6 nitrogen and oxygen atoms in total. The van der Waals surface area contributed by atoms with Crippen LogP contribution in [-0.2, 0) is 11.3 Å². The SMILES string of the molecule is COc1ccccc1-c1ncn(Cc2cccc(-c3ccccc3)c2)c1-c1ccco1.O=C(O)C(F)(F)F. The number of hydrogen-bond donors (Lipinski definition) is 1. The molecule has 0 atom stereocenters. The monoisotopic (exact) mass is 520 g/mol. The topological polar surface area (TPSA) is 77.5 Å². The van der Waals surface area contributed by atoms with Gasteiger partial charge in [-0.05, 0) is 47.0 Å². The lowest BCUT2D eigenvalue weighted by atomic mass is 10.0. The molecule has 0 saturated heterocycles. The Kier molecular flexibility index (Phi) is 7.96. The highest BCUT2D eigenvalue weighted by Crippen LogP contribution is 2.37. The van der Waals surface area contributed by atoms with E-state index in [9.17, 15) is 13.2 Å². The number of ether oxygens (including phenoxy) is 1. The highest BCUT2D eigenvalue weighted by atomic mass is 19.4. The lowest BCUT2D eigenvalue weighted by Crippen LogP contribution is -2.21. The number of rotatable bonds is 6. The summed E-state index contributed by atoms with van der Waals surface area (Å²) in [6.45, 7) is 0.679. The number of benzene rings is 3. The number of halogens is 3. The van der Waals surface area contributed by atoms with E-state index >= 15 is 0 Å². The van der Waals surface area contributed by atoms with Crippen molar-refractivity contribution in [3.8, 4) is 39.6 Å². The molecule has 0 spiro atoms. The smallest absolute Gasteiger partial charge is 0.490 e. The van der Waals surface area contributed by atoms with Crippen molar-refractivity contribution in [1.29, 1.82) is 0 Å². The molecule has 3 aromatic carbocycles. The maximum absolute atomic E-state index is 10.6. The number of nitrogens with zero attached hydrogens (tertiary/aromatic N) is 2. The molecular weight excluding hydrogens is 497 g/mol. The number of aliphatic carboxylic acids is 1. The summed E-state index contributed by atoms with van der Waals surface area (Å²) in [5.74, 6) is -1.20. The molecule has 194 valence electrons. The Labute approximate surface area is 216 Å². The van der Waals surface area contributed by atoms with Crippen LogP contribution in [0.2, 0.25) is 0 Å². The van der Waals surface area contributed by atoms with Gasteiger partial charge in [-0.25, -0.2) is 9.78 Å². The number of hydrogen-bond acceptors (Lipinski definition) is 4. The van der Waals surface area contributed by atoms with Crippen molar-refractivity contribution in [2.45, 2.75) is 12.7 Å². The summed E-state index contributed by atoms with van der Waals surface area (Å²) in [7, 11) is 1.68. The van der Waals surface area contributed by atoms with Gasteiger partial charge in [0, 0.05) is 12.1 Å². The highest BCUT2D eigenvalue weighted by Gasteiger charge is 2.38. The molecule has 0 fully saturated rings. The van der Waals surface area contributed by atoms with E-state index in [1.54, 1.807) is 13.4 Å². The van der Waals surface area contributed by atoms with E-state index < -0.39 is 12.1 Å². The first-order valence-corrected chi connectivity index (χ1v) is 11.4. The standard InChI is InChI=1S/C27H22N2O2.C2HF3O2/c1-30-24-14-6-5-13-23(24)26-27(25-15-8-16-31-25)29(19-28-26)18-20-9-7-12-22(17-20)21-10-3-2-4-11-21;3-2(4,5)1(6)7/h2-17,19H,18H2,1H3;(H,6,7). The molecule has 0 aliphatic carbocycles. The van der Waals surface area contributed by atoms with Gasteiger partial charge in [0.15, 0.2) is 5.76 Å². The summed E-state index contributed by atoms with van der Waals surface area (Å²) in [4.78, 5) is 13.6. The zero-order valence-corrected chi connectivity index (χ0v) is 20.2. The van der Waals surface area contributed by atoms with Crippen molar-refractivity contribution in [3.63, 3.8) is 0 Å². The van der Waals surface area contributed by atoms with Gasteiger partial charge in [-0.1, -0.05) is 60.7 Å². The lowest BCUT2D eigenvalue weighted by Gasteiger charge is -2.11.